The van der Waals surface area contributed by atoms with Gasteiger partial charge in [-0.3, -0.25) is 0 Å². The smallest absolute Gasteiger partial charge is 0.0471 e. The predicted octanol–water partition coefficient (Wildman–Crippen LogP) is 4.69. The minimum absolute atomic E-state index is 1.04. The average Bonchev–Trinajstić information content (AvgIpc) is 3.02. The van der Waals surface area contributed by atoms with Crippen LogP contribution in [0.5, 0.6) is 0 Å². The Kier molecular flexibility index (Phi) is 1.80. The molecule has 0 bridgehead atoms. The van der Waals surface area contributed by atoms with Crippen molar-refractivity contribution in [3.05, 3.63) is 71.8 Å². The maximum Gasteiger partial charge on any atom is 0.0471 e. The van der Waals surface area contributed by atoms with Crippen molar-refractivity contribution in [3.63, 3.8) is 0 Å². The van der Waals surface area contributed by atoms with E-state index in [-0.39, 0.29) is 0 Å². The zero-order valence-electron chi connectivity index (χ0n) is 10.9. The van der Waals surface area contributed by atoms with E-state index in [2.05, 4.69) is 53.5 Å². The van der Waals surface area contributed by atoms with E-state index >= 15 is 0 Å². The van der Waals surface area contributed by atoms with E-state index < -0.39 is 0 Å². The summed E-state index contributed by atoms with van der Waals surface area (Å²) < 4.78 is 0. The van der Waals surface area contributed by atoms with Crippen LogP contribution in [0.4, 0.5) is 0 Å². The van der Waals surface area contributed by atoms with Gasteiger partial charge in [0.05, 0.1) is 0 Å². The Morgan fingerprint density at radius 3 is 2.80 bits per heavy atom. The number of nitrogens with one attached hydrogen (secondary N) is 1. The Morgan fingerprint density at radius 2 is 1.80 bits per heavy atom. The van der Waals surface area contributed by atoms with Gasteiger partial charge in [-0.25, -0.2) is 0 Å². The van der Waals surface area contributed by atoms with Gasteiger partial charge in [-0.1, -0.05) is 36.4 Å². The highest BCUT2D eigenvalue weighted by Gasteiger charge is 2.19. The van der Waals surface area contributed by atoms with Crippen molar-refractivity contribution in [3.8, 4) is 11.1 Å². The first-order valence-electron chi connectivity index (χ1n) is 6.93. The van der Waals surface area contributed by atoms with Gasteiger partial charge in [0, 0.05) is 21.8 Å². The van der Waals surface area contributed by atoms with Gasteiger partial charge in [-0.2, -0.15) is 0 Å². The van der Waals surface area contributed by atoms with Gasteiger partial charge in [-0.15, -0.1) is 0 Å². The van der Waals surface area contributed by atoms with E-state index in [4.69, 9.17) is 0 Å². The van der Waals surface area contributed by atoms with Crippen LogP contribution in [0.2, 0.25) is 0 Å². The van der Waals surface area contributed by atoms with Crippen molar-refractivity contribution in [1.29, 1.82) is 0 Å². The summed E-state index contributed by atoms with van der Waals surface area (Å²) in [7, 11) is 0. The summed E-state index contributed by atoms with van der Waals surface area (Å²) in [5.41, 5.74) is 7.99. The lowest BCUT2D eigenvalue weighted by Crippen LogP contribution is -1.80. The first kappa shape index (κ1) is 10.3. The topological polar surface area (TPSA) is 15.8 Å². The molecule has 0 unspecified atom stereocenters. The van der Waals surface area contributed by atoms with Gasteiger partial charge >= 0.3 is 0 Å². The molecule has 20 heavy (non-hydrogen) atoms. The molecular weight excluding hydrogens is 242 g/mol. The number of H-pyrrole nitrogens is 1. The highest BCUT2D eigenvalue weighted by molar-refractivity contribution is 6.08. The van der Waals surface area contributed by atoms with Crippen molar-refractivity contribution >= 4 is 21.8 Å². The molecule has 1 radical (unpaired) electrons. The van der Waals surface area contributed by atoms with Crippen LogP contribution in [-0.4, -0.2) is 4.98 Å². The first-order chi connectivity index (χ1) is 9.90. The lowest BCUT2D eigenvalue weighted by molar-refractivity contribution is 1.27. The largest absolute Gasteiger partial charge is 0.354 e. The summed E-state index contributed by atoms with van der Waals surface area (Å²) in [5.74, 6) is 0. The molecule has 3 aromatic carbocycles. The molecule has 1 heterocycles. The number of rotatable bonds is 0. The Hall–Kier alpha value is -2.54. The number of fused-ring (bicyclic) bond motifs is 6. The summed E-state index contributed by atoms with van der Waals surface area (Å²) in [6.07, 6.45) is 1.04. The second-order valence-electron chi connectivity index (χ2n) is 5.47. The fourth-order valence-electron chi connectivity index (χ4n) is 3.40. The molecule has 1 heteroatoms. The molecule has 1 aliphatic rings. The highest BCUT2D eigenvalue weighted by atomic mass is 14.7. The molecule has 0 saturated carbocycles. The van der Waals surface area contributed by atoms with Crippen molar-refractivity contribution in [2.24, 2.45) is 0 Å². The number of hydrogen-bond donors (Lipinski definition) is 1. The molecule has 1 N–H and O–H groups in total. The SMILES string of the molecule is [c]1cccc2[nH]c3cc4c(cc3c12)Cc1ccccc1-4. The van der Waals surface area contributed by atoms with Crippen LogP contribution in [0.1, 0.15) is 11.1 Å². The Morgan fingerprint density at radius 1 is 0.850 bits per heavy atom. The van der Waals surface area contributed by atoms with Crippen molar-refractivity contribution in [1.82, 2.24) is 4.98 Å². The molecule has 0 fully saturated rings. The van der Waals surface area contributed by atoms with Crippen LogP contribution in [0.15, 0.2) is 54.6 Å². The van der Waals surface area contributed by atoms with Gasteiger partial charge in [0.2, 0.25) is 0 Å². The van der Waals surface area contributed by atoms with E-state index in [1.165, 1.54) is 44.1 Å². The Bertz CT molecular complexity index is 976. The monoisotopic (exact) mass is 254 g/mol. The summed E-state index contributed by atoms with van der Waals surface area (Å²) in [6.45, 7) is 0. The number of benzene rings is 3. The summed E-state index contributed by atoms with van der Waals surface area (Å²) in [4.78, 5) is 3.51. The first-order valence-corrected chi connectivity index (χ1v) is 6.93. The van der Waals surface area contributed by atoms with E-state index in [0.717, 1.165) is 6.42 Å². The van der Waals surface area contributed by atoms with Crippen LogP contribution in [0.3, 0.4) is 0 Å². The molecule has 1 aromatic heterocycles. The fraction of sp³-hybridized carbons (Fsp3) is 0.0526. The second-order valence-corrected chi connectivity index (χ2v) is 5.47. The molecule has 0 saturated heterocycles. The van der Waals surface area contributed by atoms with E-state index in [1.807, 2.05) is 12.1 Å². The van der Waals surface area contributed by atoms with Gasteiger partial charge in [0.25, 0.3) is 0 Å². The van der Waals surface area contributed by atoms with Crippen molar-refractivity contribution in [2.75, 3.05) is 0 Å². The maximum atomic E-state index is 3.51. The zero-order chi connectivity index (χ0) is 13.1. The number of hydrogen-bond acceptors (Lipinski definition) is 0. The van der Waals surface area contributed by atoms with E-state index in [0.29, 0.717) is 0 Å². The van der Waals surface area contributed by atoms with Crippen LogP contribution < -0.4 is 0 Å². The fourth-order valence-corrected chi connectivity index (χ4v) is 3.40. The highest BCUT2D eigenvalue weighted by Crippen LogP contribution is 2.40. The zero-order valence-corrected chi connectivity index (χ0v) is 10.9. The summed E-state index contributed by atoms with van der Waals surface area (Å²) in [5, 5.41) is 2.48. The summed E-state index contributed by atoms with van der Waals surface area (Å²) >= 11 is 0. The normalized spacial score (nSPS) is 12.8. The van der Waals surface area contributed by atoms with E-state index in [9.17, 15) is 0 Å². The molecule has 0 atom stereocenters. The third kappa shape index (κ3) is 1.22. The number of aromatic amines is 1. The van der Waals surface area contributed by atoms with Crippen LogP contribution in [0, 0.1) is 6.07 Å². The van der Waals surface area contributed by atoms with Crippen molar-refractivity contribution in [2.45, 2.75) is 6.42 Å². The molecule has 0 spiro atoms. The molecule has 1 nitrogen and oxygen atoms in total. The Balaban J connectivity index is 1.90. The molecule has 93 valence electrons. The van der Waals surface area contributed by atoms with Gasteiger partial charge in [-0.05, 0) is 52.9 Å². The quantitative estimate of drug-likeness (QED) is 0.412. The molecule has 0 amide bonds. The second kappa shape index (κ2) is 3.51. The summed E-state index contributed by atoms with van der Waals surface area (Å²) in [6, 6.07) is 22.8. The van der Waals surface area contributed by atoms with E-state index in [1.54, 1.807) is 0 Å². The molecule has 4 aromatic rings. The minimum Gasteiger partial charge on any atom is -0.354 e. The third-order valence-corrected chi connectivity index (χ3v) is 4.33. The maximum absolute atomic E-state index is 3.51. The minimum atomic E-state index is 1.04. The van der Waals surface area contributed by atoms with Crippen LogP contribution in [-0.2, 0) is 6.42 Å². The molecule has 1 aliphatic carbocycles. The lowest BCUT2D eigenvalue weighted by atomic mass is 10.0. The van der Waals surface area contributed by atoms with Crippen LogP contribution >= 0.6 is 0 Å². The lowest BCUT2D eigenvalue weighted by Gasteiger charge is -2.01. The number of aromatic nitrogens is 1. The molecule has 0 aliphatic heterocycles. The van der Waals surface area contributed by atoms with Crippen LogP contribution in [0.25, 0.3) is 32.9 Å². The molecular formula is C19H12N. The average molecular weight is 254 g/mol. The van der Waals surface area contributed by atoms with Crippen molar-refractivity contribution < 1.29 is 0 Å². The van der Waals surface area contributed by atoms with Gasteiger partial charge in [0.15, 0.2) is 0 Å². The predicted molar refractivity (Wildman–Crippen MR) is 82.9 cm³/mol. The standard InChI is InChI=1S/C19H12N/c1-2-6-14-12(5-1)9-13-10-17-15-7-3-4-8-18(15)20-19(17)11-16(13)14/h1-6,8,10-11,20H,9H2. The van der Waals surface area contributed by atoms with Gasteiger partial charge in [0.1, 0.15) is 0 Å². The Labute approximate surface area is 116 Å². The van der Waals surface area contributed by atoms with Gasteiger partial charge < -0.3 is 4.98 Å². The molecule has 5 rings (SSSR count). The third-order valence-electron chi connectivity index (χ3n) is 4.33.